The fourth-order valence-corrected chi connectivity index (χ4v) is 2.49. The normalized spacial score (nSPS) is 14.0. The fraction of sp³-hybridized carbons (Fsp3) is 0.333. The van der Waals surface area contributed by atoms with Gasteiger partial charge >= 0.3 is 0 Å². The minimum absolute atomic E-state index is 0.0589. The van der Waals surface area contributed by atoms with Gasteiger partial charge in [-0.05, 0) is 51.0 Å². The van der Waals surface area contributed by atoms with Crippen molar-refractivity contribution in [1.82, 2.24) is 5.32 Å². The number of hydrogen-bond acceptors (Lipinski definition) is 1. The number of halogens is 2. The quantitative estimate of drug-likeness (QED) is 0.835. The summed E-state index contributed by atoms with van der Waals surface area (Å²) >= 11 is 0. The van der Waals surface area contributed by atoms with E-state index < -0.39 is 0 Å². The van der Waals surface area contributed by atoms with Crippen molar-refractivity contribution in [3.8, 4) is 0 Å². The third-order valence-electron chi connectivity index (χ3n) is 3.79. The molecule has 21 heavy (non-hydrogen) atoms. The summed E-state index contributed by atoms with van der Waals surface area (Å²) in [5.74, 6) is -0.742. The van der Waals surface area contributed by atoms with Crippen LogP contribution in [-0.4, -0.2) is 0 Å². The molecule has 0 aliphatic heterocycles. The lowest BCUT2D eigenvalue weighted by Crippen LogP contribution is -2.23. The van der Waals surface area contributed by atoms with Crippen molar-refractivity contribution in [3.05, 3.63) is 70.3 Å². The second-order valence-corrected chi connectivity index (χ2v) is 5.65. The molecule has 0 spiro atoms. The molecule has 0 aliphatic carbocycles. The van der Waals surface area contributed by atoms with Crippen LogP contribution in [-0.2, 0) is 0 Å². The van der Waals surface area contributed by atoms with Crippen LogP contribution in [0.25, 0.3) is 0 Å². The van der Waals surface area contributed by atoms with Crippen LogP contribution in [0.4, 0.5) is 8.78 Å². The van der Waals surface area contributed by atoms with Crippen molar-refractivity contribution < 1.29 is 8.78 Å². The highest BCUT2D eigenvalue weighted by Gasteiger charge is 2.16. The van der Waals surface area contributed by atoms with E-state index in [-0.39, 0.29) is 23.7 Å². The molecule has 3 heteroatoms. The Morgan fingerprint density at radius 2 is 1.62 bits per heavy atom. The molecule has 2 aromatic rings. The van der Waals surface area contributed by atoms with Crippen molar-refractivity contribution >= 4 is 0 Å². The van der Waals surface area contributed by atoms with Gasteiger partial charge in [-0.2, -0.15) is 0 Å². The maximum Gasteiger partial charge on any atom is 0.128 e. The smallest absolute Gasteiger partial charge is 0.128 e. The van der Waals surface area contributed by atoms with Crippen LogP contribution >= 0.6 is 0 Å². The zero-order valence-corrected chi connectivity index (χ0v) is 12.9. The zero-order valence-electron chi connectivity index (χ0n) is 12.9. The fourth-order valence-electron chi connectivity index (χ4n) is 2.49. The Bertz CT molecular complexity index is 637. The molecule has 1 unspecified atom stereocenters. The predicted molar refractivity (Wildman–Crippen MR) is 82.2 cm³/mol. The first-order valence-corrected chi connectivity index (χ1v) is 7.16. The zero-order chi connectivity index (χ0) is 15.6. The van der Waals surface area contributed by atoms with Crippen LogP contribution in [0.1, 0.15) is 48.2 Å². The average Bonchev–Trinajstić information content (AvgIpc) is 2.42. The molecule has 0 amide bonds. The predicted octanol–water partition coefficient (Wildman–Crippen LogP) is 4.99. The molecular weight excluding hydrogens is 268 g/mol. The van der Waals surface area contributed by atoms with Crippen molar-refractivity contribution in [2.24, 2.45) is 0 Å². The second kappa shape index (κ2) is 6.35. The third-order valence-corrected chi connectivity index (χ3v) is 3.79. The number of nitrogens with one attached hydrogen (secondary N) is 1. The van der Waals surface area contributed by atoms with Gasteiger partial charge in [0.1, 0.15) is 11.6 Å². The van der Waals surface area contributed by atoms with Crippen molar-refractivity contribution in [3.63, 3.8) is 0 Å². The van der Waals surface area contributed by atoms with Gasteiger partial charge in [0.25, 0.3) is 0 Å². The molecule has 0 radical (unpaired) electrons. The highest BCUT2D eigenvalue weighted by atomic mass is 19.1. The molecule has 2 rings (SSSR count). The van der Waals surface area contributed by atoms with Gasteiger partial charge in [-0.3, -0.25) is 0 Å². The molecule has 2 atom stereocenters. The maximum atomic E-state index is 14.0. The Balaban J connectivity index is 2.18. The molecule has 112 valence electrons. The summed E-state index contributed by atoms with van der Waals surface area (Å²) in [6.45, 7) is 7.47. The molecule has 0 saturated heterocycles. The monoisotopic (exact) mass is 289 g/mol. The number of benzene rings is 2. The first-order valence-electron chi connectivity index (χ1n) is 7.16. The molecule has 0 fully saturated rings. The van der Waals surface area contributed by atoms with Gasteiger partial charge < -0.3 is 5.32 Å². The lowest BCUT2D eigenvalue weighted by molar-refractivity contribution is 0.469. The van der Waals surface area contributed by atoms with Crippen LogP contribution < -0.4 is 5.32 Å². The second-order valence-electron chi connectivity index (χ2n) is 5.65. The number of hydrogen-bond donors (Lipinski definition) is 1. The van der Waals surface area contributed by atoms with Crippen LogP contribution in [0.3, 0.4) is 0 Å². The van der Waals surface area contributed by atoms with Gasteiger partial charge in [0, 0.05) is 17.6 Å². The Hall–Kier alpha value is -1.74. The number of aryl methyl sites for hydroxylation is 2. The van der Waals surface area contributed by atoms with Crippen molar-refractivity contribution in [2.45, 2.75) is 39.8 Å². The Labute approximate surface area is 125 Å². The van der Waals surface area contributed by atoms with E-state index in [4.69, 9.17) is 0 Å². The molecule has 0 bridgehead atoms. The molecule has 0 aliphatic rings. The summed E-state index contributed by atoms with van der Waals surface area (Å²) in [4.78, 5) is 0. The Kier molecular flexibility index (Phi) is 4.73. The first kappa shape index (κ1) is 15.6. The molecule has 2 aromatic carbocycles. The highest BCUT2D eigenvalue weighted by Crippen LogP contribution is 2.24. The van der Waals surface area contributed by atoms with E-state index >= 15 is 0 Å². The lowest BCUT2D eigenvalue weighted by Gasteiger charge is -2.22. The van der Waals surface area contributed by atoms with Crippen LogP contribution in [0.2, 0.25) is 0 Å². The van der Waals surface area contributed by atoms with Crippen LogP contribution in [0.15, 0.2) is 36.4 Å². The van der Waals surface area contributed by atoms with Gasteiger partial charge in [-0.15, -0.1) is 0 Å². The molecule has 0 aromatic heterocycles. The maximum absolute atomic E-state index is 14.0. The Morgan fingerprint density at radius 3 is 2.29 bits per heavy atom. The first-order chi connectivity index (χ1) is 9.88. The highest BCUT2D eigenvalue weighted by molar-refractivity contribution is 5.29. The summed E-state index contributed by atoms with van der Waals surface area (Å²) in [6, 6.07) is 10.5. The van der Waals surface area contributed by atoms with Gasteiger partial charge in [0.15, 0.2) is 0 Å². The van der Waals surface area contributed by atoms with Crippen LogP contribution in [0, 0.1) is 25.5 Å². The molecule has 0 saturated carbocycles. The van der Waals surface area contributed by atoms with E-state index in [1.807, 2.05) is 39.0 Å². The third kappa shape index (κ3) is 3.67. The largest absolute Gasteiger partial charge is 0.304 e. The molecule has 0 heterocycles. The van der Waals surface area contributed by atoms with Gasteiger partial charge in [0.2, 0.25) is 0 Å². The van der Waals surface area contributed by atoms with Crippen LogP contribution in [0.5, 0.6) is 0 Å². The standard InChI is InChI=1S/C18H21F2N/c1-11-6-5-7-15(8-11)13(3)21-14(4)16-10-17(19)12(2)9-18(16)20/h5-10,13-14,21H,1-4H3/t13-,14?/m0/s1. The van der Waals surface area contributed by atoms with E-state index in [0.717, 1.165) is 5.56 Å². The van der Waals surface area contributed by atoms with E-state index in [9.17, 15) is 8.78 Å². The SMILES string of the molecule is Cc1cccc([C@H](C)NC(C)c2cc(F)c(C)cc2F)c1. The Morgan fingerprint density at radius 1 is 0.905 bits per heavy atom. The van der Waals surface area contributed by atoms with E-state index in [1.54, 1.807) is 6.92 Å². The van der Waals surface area contributed by atoms with Gasteiger partial charge in [-0.25, -0.2) is 8.78 Å². The van der Waals surface area contributed by atoms with Gasteiger partial charge in [-0.1, -0.05) is 29.8 Å². The topological polar surface area (TPSA) is 12.0 Å². The molecule has 1 N–H and O–H groups in total. The molecular formula is C18H21F2N. The van der Waals surface area contributed by atoms with Crippen molar-refractivity contribution in [1.29, 1.82) is 0 Å². The van der Waals surface area contributed by atoms with E-state index in [0.29, 0.717) is 11.1 Å². The minimum atomic E-state index is -0.372. The number of rotatable bonds is 4. The van der Waals surface area contributed by atoms with Gasteiger partial charge in [0.05, 0.1) is 0 Å². The summed E-state index contributed by atoms with van der Waals surface area (Å²) in [5, 5.41) is 3.32. The summed E-state index contributed by atoms with van der Waals surface area (Å²) in [5.41, 5.74) is 3.00. The molecule has 1 nitrogen and oxygen atoms in total. The minimum Gasteiger partial charge on any atom is -0.304 e. The summed E-state index contributed by atoms with van der Waals surface area (Å²) in [6.07, 6.45) is 0. The van der Waals surface area contributed by atoms with Crippen molar-refractivity contribution in [2.75, 3.05) is 0 Å². The summed E-state index contributed by atoms with van der Waals surface area (Å²) in [7, 11) is 0. The van der Waals surface area contributed by atoms with E-state index in [2.05, 4.69) is 11.4 Å². The lowest BCUT2D eigenvalue weighted by atomic mass is 10.0. The van der Waals surface area contributed by atoms with E-state index in [1.165, 1.54) is 17.7 Å². The summed E-state index contributed by atoms with van der Waals surface area (Å²) < 4.78 is 27.6. The average molecular weight is 289 g/mol.